The molecule has 5 heteroatoms. The molecule has 4 rings (SSSR count). The molecule has 1 N–H and O–H groups in total. The molecule has 1 aromatic heterocycles. The molecule has 0 unspecified atom stereocenters. The summed E-state index contributed by atoms with van der Waals surface area (Å²) in [7, 11) is 0. The summed E-state index contributed by atoms with van der Waals surface area (Å²) in [4.78, 5) is 6.86. The van der Waals surface area contributed by atoms with Crippen molar-refractivity contribution in [3.8, 4) is 11.4 Å². The Hall–Kier alpha value is -2.50. The summed E-state index contributed by atoms with van der Waals surface area (Å²) in [6.07, 6.45) is 3.37. The van der Waals surface area contributed by atoms with E-state index >= 15 is 0 Å². The fourth-order valence-corrected chi connectivity index (χ4v) is 3.33. The Balaban J connectivity index is 1.46. The van der Waals surface area contributed by atoms with Gasteiger partial charge in [-0.15, -0.1) is 0 Å². The van der Waals surface area contributed by atoms with E-state index in [1.165, 1.54) is 11.1 Å². The second kappa shape index (κ2) is 7.17. The Morgan fingerprint density at radius 1 is 0.960 bits per heavy atom. The van der Waals surface area contributed by atoms with E-state index in [2.05, 4.69) is 51.4 Å². The van der Waals surface area contributed by atoms with Crippen molar-refractivity contribution >= 4 is 17.8 Å². The molecule has 1 aliphatic heterocycles. The van der Waals surface area contributed by atoms with Crippen LogP contribution in [-0.2, 0) is 6.67 Å². The van der Waals surface area contributed by atoms with Crippen molar-refractivity contribution in [3.05, 3.63) is 77.1 Å². The van der Waals surface area contributed by atoms with Crippen LogP contribution in [0.3, 0.4) is 0 Å². The first-order valence-corrected chi connectivity index (χ1v) is 8.89. The lowest BCUT2D eigenvalue weighted by molar-refractivity contribution is 0.226. The Morgan fingerprint density at radius 2 is 1.64 bits per heavy atom. The van der Waals surface area contributed by atoms with Crippen LogP contribution in [-0.4, -0.2) is 32.8 Å². The average molecular weight is 348 g/mol. The minimum absolute atomic E-state index is 0.594. The molecule has 0 spiro atoms. The first-order chi connectivity index (χ1) is 12.3. The molecule has 0 fully saturated rings. The normalized spacial score (nSPS) is 15.1. The molecule has 3 aromatic rings. The number of aromatic amines is 1. The molecule has 0 amide bonds. The van der Waals surface area contributed by atoms with Gasteiger partial charge in [0.15, 0.2) is 5.82 Å². The summed E-state index contributed by atoms with van der Waals surface area (Å²) in [5.74, 6) is 0.822. The molecule has 4 nitrogen and oxygen atoms in total. The van der Waals surface area contributed by atoms with E-state index in [1.807, 2.05) is 35.0 Å². The molecule has 126 valence electrons. The number of benzene rings is 2. The van der Waals surface area contributed by atoms with Crippen LogP contribution >= 0.6 is 12.2 Å². The van der Waals surface area contributed by atoms with Crippen LogP contribution < -0.4 is 0 Å². The van der Waals surface area contributed by atoms with Crippen molar-refractivity contribution in [1.29, 1.82) is 0 Å². The Labute approximate surface area is 152 Å². The molecular weight excluding hydrogens is 328 g/mol. The molecular formula is C20H20N4S. The van der Waals surface area contributed by atoms with Gasteiger partial charge in [0, 0.05) is 18.7 Å². The number of nitrogens with zero attached hydrogens (tertiary/aromatic N) is 3. The first kappa shape index (κ1) is 16.0. The summed E-state index contributed by atoms with van der Waals surface area (Å²) >= 11 is 5.42. The third kappa shape index (κ3) is 3.62. The van der Waals surface area contributed by atoms with Crippen LogP contribution in [0.15, 0.2) is 66.7 Å². The van der Waals surface area contributed by atoms with Crippen LogP contribution in [0.1, 0.15) is 12.0 Å². The van der Waals surface area contributed by atoms with E-state index in [4.69, 9.17) is 12.2 Å². The van der Waals surface area contributed by atoms with Crippen molar-refractivity contribution in [2.75, 3.05) is 13.1 Å². The Morgan fingerprint density at radius 3 is 2.28 bits per heavy atom. The van der Waals surface area contributed by atoms with Gasteiger partial charge in [-0.3, -0.25) is 10.00 Å². The standard InChI is InChI=1S/C20H20N4S/c25-20-21-19(18-9-5-2-6-10-18)22-24(20)15-23-13-11-17(12-14-23)16-7-3-1-4-8-16/h1-11H,12-15H2,(H,21,22,25). The van der Waals surface area contributed by atoms with E-state index in [9.17, 15) is 0 Å². The highest BCUT2D eigenvalue weighted by molar-refractivity contribution is 7.71. The first-order valence-electron chi connectivity index (χ1n) is 8.49. The lowest BCUT2D eigenvalue weighted by Crippen LogP contribution is -2.31. The third-order valence-electron chi connectivity index (χ3n) is 4.51. The van der Waals surface area contributed by atoms with Gasteiger partial charge in [-0.2, -0.15) is 4.98 Å². The lowest BCUT2D eigenvalue weighted by Gasteiger charge is -2.26. The molecule has 2 heterocycles. The second-order valence-corrected chi connectivity index (χ2v) is 6.58. The van der Waals surface area contributed by atoms with Crippen LogP contribution in [0.25, 0.3) is 17.0 Å². The zero-order valence-electron chi connectivity index (χ0n) is 13.9. The summed E-state index contributed by atoms with van der Waals surface area (Å²) in [5, 5.41) is 3.33. The minimum Gasteiger partial charge on any atom is -0.280 e. The van der Waals surface area contributed by atoms with E-state index < -0.39 is 0 Å². The maximum atomic E-state index is 5.42. The van der Waals surface area contributed by atoms with E-state index in [1.54, 1.807) is 0 Å². The van der Waals surface area contributed by atoms with Gasteiger partial charge in [0.05, 0.1) is 6.67 Å². The Bertz CT molecular complexity index is 925. The molecule has 0 saturated heterocycles. The summed E-state index contributed by atoms with van der Waals surface area (Å²) in [6.45, 7) is 2.67. The zero-order chi connectivity index (χ0) is 17.1. The maximum absolute atomic E-state index is 5.42. The molecule has 0 radical (unpaired) electrons. The monoisotopic (exact) mass is 348 g/mol. The predicted molar refractivity (Wildman–Crippen MR) is 103 cm³/mol. The van der Waals surface area contributed by atoms with Crippen molar-refractivity contribution < 1.29 is 0 Å². The van der Waals surface area contributed by atoms with Gasteiger partial charge in [-0.05, 0) is 29.8 Å². The van der Waals surface area contributed by atoms with Crippen LogP contribution in [0.4, 0.5) is 0 Å². The quantitative estimate of drug-likeness (QED) is 0.712. The van der Waals surface area contributed by atoms with Crippen molar-refractivity contribution in [2.45, 2.75) is 13.1 Å². The van der Waals surface area contributed by atoms with Gasteiger partial charge >= 0.3 is 0 Å². The molecule has 2 aromatic carbocycles. The highest BCUT2D eigenvalue weighted by Crippen LogP contribution is 2.22. The van der Waals surface area contributed by atoms with Gasteiger partial charge in [-0.25, -0.2) is 4.68 Å². The number of H-pyrrole nitrogens is 1. The number of nitrogens with one attached hydrogen (secondary N) is 1. The van der Waals surface area contributed by atoms with Gasteiger partial charge in [0.25, 0.3) is 0 Å². The van der Waals surface area contributed by atoms with Crippen LogP contribution in [0.5, 0.6) is 0 Å². The number of aromatic nitrogens is 3. The molecule has 0 bridgehead atoms. The average Bonchev–Trinajstić information content (AvgIpc) is 3.04. The summed E-state index contributed by atoms with van der Waals surface area (Å²) < 4.78 is 2.54. The molecule has 1 aliphatic rings. The largest absolute Gasteiger partial charge is 0.280 e. The fraction of sp³-hybridized carbons (Fsp3) is 0.200. The Kier molecular flexibility index (Phi) is 4.59. The van der Waals surface area contributed by atoms with Crippen molar-refractivity contribution in [3.63, 3.8) is 0 Å². The second-order valence-electron chi connectivity index (χ2n) is 6.21. The zero-order valence-corrected chi connectivity index (χ0v) is 14.7. The molecule has 0 saturated carbocycles. The minimum atomic E-state index is 0.594. The van der Waals surface area contributed by atoms with Gasteiger partial charge < -0.3 is 0 Å². The van der Waals surface area contributed by atoms with Crippen LogP contribution in [0, 0.1) is 4.77 Å². The fourth-order valence-electron chi connectivity index (χ4n) is 3.13. The molecule has 0 atom stereocenters. The van der Waals surface area contributed by atoms with E-state index in [0.717, 1.165) is 37.6 Å². The highest BCUT2D eigenvalue weighted by Gasteiger charge is 2.14. The predicted octanol–water partition coefficient (Wildman–Crippen LogP) is 4.35. The number of rotatable bonds is 4. The third-order valence-corrected chi connectivity index (χ3v) is 4.82. The maximum Gasteiger partial charge on any atom is 0.217 e. The van der Waals surface area contributed by atoms with E-state index in [0.29, 0.717) is 4.77 Å². The van der Waals surface area contributed by atoms with Gasteiger partial charge in [0.1, 0.15) is 0 Å². The lowest BCUT2D eigenvalue weighted by atomic mass is 10.00. The van der Waals surface area contributed by atoms with Crippen LogP contribution in [0.2, 0.25) is 0 Å². The highest BCUT2D eigenvalue weighted by atomic mass is 32.1. The van der Waals surface area contributed by atoms with Crippen molar-refractivity contribution in [1.82, 2.24) is 19.7 Å². The number of hydrogen-bond donors (Lipinski definition) is 1. The smallest absolute Gasteiger partial charge is 0.217 e. The van der Waals surface area contributed by atoms with Crippen molar-refractivity contribution in [2.24, 2.45) is 0 Å². The van der Waals surface area contributed by atoms with Gasteiger partial charge in [0.2, 0.25) is 4.77 Å². The molecule has 25 heavy (non-hydrogen) atoms. The summed E-state index contributed by atoms with van der Waals surface area (Å²) in [6, 6.07) is 20.7. The van der Waals surface area contributed by atoms with Gasteiger partial charge in [-0.1, -0.05) is 66.7 Å². The number of hydrogen-bond acceptors (Lipinski definition) is 3. The SMILES string of the molecule is S=c1nc(-c2ccccc2)[nH]n1CN1CC=C(c2ccccc2)CC1. The van der Waals surface area contributed by atoms with E-state index in [-0.39, 0.29) is 0 Å². The molecule has 0 aliphatic carbocycles. The topological polar surface area (TPSA) is 36.9 Å². The summed E-state index contributed by atoms with van der Waals surface area (Å²) in [5.41, 5.74) is 3.80.